The van der Waals surface area contributed by atoms with Gasteiger partial charge in [0.2, 0.25) is 0 Å². The van der Waals surface area contributed by atoms with Crippen molar-refractivity contribution in [3.8, 4) is 17.2 Å². The van der Waals surface area contributed by atoms with Gasteiger partial charge >= 0.3 is 5.69 Å². The number of hydrogen-bond acceptors (Lipinski definition) is 5. The Kier molecular flexibility index (Phi) is 5.13. The number of aromatic nitrogens is 3. The van der Waals surface area contributed by atoms with Crippen molar-refractivity contribution in [1.29, 1.82) is 0 Å². The molecule has 1 saturated heterocycles. The first kappa shape index (κ1) is 19.7. The summed E-state index contributed by atoms with van der Waals surface area (Å²) in [6, 6.07) is 16.6. The molecule has 0 amide bonds. The quantitative estimate of drug-likeness (QED) is 0.503. The number of para-hydroxylation sites is 1. The lowest BCUT2D eigenvalue weighted by atomic mass is 10.1. The van der Waals surface area contributed by atoms with E-state index in [2.05, 4.69) is 10.3 Å². The van der Waals surface area contributed by atoms with Gasteiger partial charge in [-0.1, -0.05) is 29.8 Å². The lowest BCUT2D eigenvalue weighted by Gasteiger charge is -2.23. The Morgan fingerprint density at radius 3 is 2.74 bits per heavy atom. The van der Waals surface area contributed by atoms with E-state index in [0.717, 1.165) is 31.4 Å². The van der Waals surface area contributed by atoms with Crippen LogP contribution in [-0.2, 0) is 0 Å². The number of rotatable bonds is 4. The van der Waals surface area contributed by atoms with Crippen LogP contribution >= 0.6 is 11.6 Å². The van der Waals surface area contributed by atoms with Gasteiger partial charge in [0.1, 0.15) is 22.8 Å². The second kappa shape index (κ2) is 8.09. The number of hydrogen-bond donors (Lipinski definition) is 2. The summed E-state index contributed by atoms with van der Waals surface area (Å²) < 4.78 is 9.28. The smallest absolute Gasteiger partial charge is 0.334 e. The van der Waals surface area contributed by atoms with Crippen LogP contribution in [0.4, 0.5) is 5.82 Å². The molecule has 2 aromatic heterocycles. The first-order valence-corrected chi connectivity index (χ1v) is 10.6. The minimum absolute atomic E-state index is 0.0583. The first-order valence-electron chi connectivity index (χ1n) is 10.2. The third-order valence-corrected chi connectivity index (χ3v) is 5.89. The molecule has 0 aliphatic carbocycles. The van der Waals surface area contributed by atoms with E-state index >= 15 is 0 Å². The Hall–Kier alpha value is -3.29. The van der Waals surface area contributed by atoms with Crippen LogP contribution in [-0.4, -0.2) is 27.2 Å². The van der Waals surface area contributed by atoms with Crippen molar-refractivity contribution in [3.63, 3.8) is 0 Å². The van der Waals surface area contributed by atoms with Gasteiger partial charge in [-0.2, -0.15) is 0 Å². The second-order valence-electron chi connectivity index (χ2n) is 7.58. The fraction of sp³-hybridized carbons (Fsp3) is 0.217. The molecule has 1 atom stereocenters. The largest absolute Gasteiger partial charge is 0.456 e. The molecule has 0 spiro atoms. The van der Waals surface area contributed by atoms with Gasteiger partial charge in [0.25, 0.3) is 0 Å². The highest BCUT2D eigenvalue weighted by Crippen LogP contribution is 2.33. The van der Waals surface area contributed by atoms with Crippen molar-refractivity contribution in [2.75, 3.05) is 18.8 Å². The average molecular weight is 436 g/mol. The molecule has 5 rings (SSSR count). The Bertz CT molecular complexity index is 1290. The fourth-order valence-corrected chi connectivity index (χ4v) is 4.38. The molecule has 2 aromatic carbocycles. The van der Waals surface area contributed by atoms with E-state index in [1.165, 1.54) is 0 Å². The van der Waals surface area contributed by atoms with Crippen molar-refractivity contribution >= 4 is 28.5 Å². The number of benzene rings is 2. The van der Waals surface area contributed by atoms with E-state index in [9.17, 15) is 4.79 Å². The number of fused-ring (bicyclic) bond motifs is 1. The van der Waals surface area contributed by atoms with Crippen LogP contribution in [0.5, 0.6) is 11.5 Å². The second-order valence-corrected chi connectivity index (χ2v) is 7.99. The van der Waals surface area contributed by atoms with E-state index in [1.807, 2.05) is 41.0 Å². The molecule has 31 heavy (non-hydrogen) atoms. The number of anilines is 1. The standard InChI is InChI=1S/C23H22ClN5O2/c24-18-13-15(8-9-20(18)31-17-6-2-1-3-7-17)29-21-19(10-12-27-22(21)25)28(23(29)30)16-5-4-11-26-14-16/h1-3,6-10,12-13,16,26H,4-5,11,14H2,(H2,25,27)/t16-/m1/s1. The van der Waals surface area contributed by atoms with E-state index in [4.69, 9.17) is 22.1 Å². The highest BCUT2D eigenvalue weighted by atomic mass is 35.5. The molecule has 4 aromatic rings. The van der Waals surface area contributed by atoms with Gasteiger partial charge in [-0.25, -0.2) is 9.78 Å². The van der Waals surface area contributed by atoms with Gasteiger partial charge < -0.3 is 15.8 Å². The summed E-state index contributed by atoms with van der Waals surface area (Å²) in [5, 5.41) is 3.77. The van der Waals surface area contributed by atoms with Gasteiger partial charge in [-0.05, 0) is 55.8 Å². The summed E-state index contributed by atoms with van der Waals surface area (Å²) in [5.41, 5.74) is 8.04. The number of nitrogens with one attached hydrogen (secondary N) is 1. The first-order chi connectivity index (χ1) is 15.1. The van der Waals surface area contributed by atoms with Crippen molar-refractivity contribution in [1.82, 2.24) is 19.4 Å². The van der Waals surface area contributed by atoms with Gasteiger partial charge in [0.05, 0.1) is 22.3 Å². The van der Waals surface area contributed by atoms with Gasteiger partial charge in [-0.15, -0.1) is 0 Å². The maximum absolute atomic E-state index is 13.6. The van der Waals surface area contributed by atoms with Gasteiger partial charge in [0.15, 0.2) is 0 Å². The molecule has 0 bridgehead atoms. The summed E-state index contributed by atoms with van der Waals surface area (Å²) in [4.78, 5) is 17.8. The normalized spacial score (nSPS) is 16.5. The maximum Gasteiger partial charge on any atom is 0.334 e. The summed E-state index contributed by atoms with van der Waals surface area (Å²) in [6.07, 6.45) is 3.58. The number of nitrogens with zero attached hydrogens (tertiary/aromatic N) is 3. The van der Waals surface area contributed by atoms with Crippen molar-refractivity contribution in [2.45, 2.75) is 18.9 Å². The molecule has 0 unspecified atom stereocenters. The van der Waals surface area contributed by atoms with Crippen LogP contribution in [0.25, 0.3) is 16.7 Å². The Morgan fingerprint density at radius 2 is 2.00 bits per heavy atom. The number of halogens is 1. The van der Waals surface area contributed by atoms with Crippen LogP contribution in [0.3, 0.4) is 0 Å². The predicted octanol–water partition coefficient (Wildman–Crippen LogP) is 4.14. The van der Waals surface area contributed by atoms with Gasteiger partial charge in [-0.3, -0.25) is 9.13 Å². The van der Waals surface area contributed by atoms with E-state index in [0.29, 0.717) is 33.5 Å². The van der Waals surface area contributed by atoms with Crippen LogP contribution in [0.1, 0.15) is 18.9 Å². The van der Waals surface area contributed by atoms with E-state index in [1.54, 1.807) is 29.0 Å². The number of piperidine rings is 1. The van der Waals surface area contributed by atoms with Crippen molar-refractivity contribution < 1.29 is 4.74 Å². The van der Waals surface area contributed by atoms with Crippen LogP contribution in [0.15, 0.2) is 65.6 Å². The van der Waals surface area contributed by atoms with Crippen LogP contribution < -0.4 is 21.5 Å². The zero-order chi connectivity index (χ0) is 21.4. The summed E-state index contributed by atoms with van der Waals surface area (Å²) in [6.45, 7) is 1.71. The van der Waals surface area contributed by atoms with Gasteiger partial charge in [0, 0.05) is 12.7 Å². The molecule has 1 aliphatic rings. The third-order valence-electron chi connectivity index (χ3n) is 5.59. The molecule has 1 aliphatic heterocycles. The molecule has 8 heteroatoms. The lowest BCUT2D eigenvalue weighted by Crippen LogP contribution is -2.36. The molecular weight excluding hydrogens is 414 g/mol. The fourth-order valence-electron chi connectivity index (χ4n) is 4.16. The number of imidazole rings is 1. The minimum atomic E-state index is -0.156. The molecule has 0 saturated carbocycles. The molecule has 3 heterocycles. The summed E-state index contributed by atoms with van der Waals surface area (Å²) >= 11 is 6.52. The average Bonchev–Trinajstić information content (AvgIpc) is 3.09. The highest BCUT2D eigenvalue weighted by Gasteiger charge is 2.24. The number of nitrogen functional groups attached to an aromatic ring is 1. The predicted molar refractivity (Wildman–Crippen MR) is 122 cm³/mol. The Morgan fingerprint density at radius 1 is 1.16 bits per heavy atom. The summed E-state index contributed by atoms with van der Waals surface area (Å²) in [5.74, 6) is 1.50. The maximum atomic E-state index is 13.6. The van der Waals surface area contributed by atoms with E-state index < -0.39 is 0 Å². The Labute approximate surface area is 184 Å². The zero-order valence-corrected chi connectivity index (χ0v) is 17.5. The molecule has 158 valence electrons. The van der Waals surface area contributed by atoms with Crippen LogP contribution in [0, 0.1) is 0 Å². The number of nitrogens with two attached hydrogens (primary N) is 1. The molecule has 1 fully saturated rings. The lowest BCUT2D eigenvalue weighted by molar-refractivity contribution is 0.370. The molecule has 7 nitrogen and oxygen atoms in total. The summed E-state index contributed by atoms with van der Waals surface area (Å²) in [7, 11) is 0. The monoisotopic (exact) mass is 435 g/mol. The highest BCUT2D eigenvalue weighted by molar-refractivity contribution is 6.32. The topological polar surface area (TPSA) is 87.1 Å². The number of ether oxygens (including phenoxy) is 1. The molecule has 0 radical (unpaired) electrons. The van der Waals surface area contributed by atoms with Crippen molar-refractivity contribution in [3.05, 3.63) is 76.3 Å². The molecular formula is C23H22ClN5O2. The van der Waals surface area contributed by atoms with E-state index in [-0.39, 0.29) is 11.7 Å². The van der Waals surface area contributed by atoms with Crippen molar-refractivity contribution in [2.24, 2.45) is 0 Å². The minimum Gasteiger partial charge on any atom is -0.456 e. The SMILES string of the molecule is Nc1nccc2c1n(-c1ccc(Oc3ccccc3)c(Cl)c1)c(=O)n2[C@@H]1CCCNC1. The third kappa shape index (κ3) is 3.56. The zero-order valence-electron chi connectivity index (χ0n) is 16.8. The Balaban J connectivity index is 1.62. The molecule has 3 N–H and O–H groups in total. The van der Waals surface area contributed by atoms with Crippen LogP contribution in [0.2, 0.25) is 5.02 Å². The number of pyridine rings is 1.